The van der Waals surface area contributed by atoms with Crippen molar-refractivity contribution in [3.8, 4) is 11.5 Å². The molecule has 0 spiro atoms. The molecule has 0 bridgehead atoms. The van der Waals surface area contributed by atoms with Crippen molar-refractivity contribution < 1.29 is 23.8 Å². The first-order valence-corrected chi connectivity index (χ1v) is 8.38. The molecular formula is C17H23N3O5. The first-order valence-electron chi connectivity index (χ1n) is 8.38. The molecule has 2 aliphatic rings. The highest BCUT2D eigenvalue weighted by molar-refractivity contribution is 6.01. The van der Waals surface area contributed by atoms with Crippen molar-refractivity contribution in [2.75, 3.05) is 38.2 Å². The van der Waals surface area contributed by atoms with Gasteiger partial charge >= 0.3 is 6.03 Å². The first kappa shape index (κ1) is 17.5. The molecule has 8 nitrogen and oxygen atoms in total. The zero-order chi connectivity index (χ0) is 17.8. The van der Waals surface area contributed by atoms with Crippen LogP contribution in [-0.4, -0.2) is 61.9 Å². The van der Waals surface area contributed by atoms with Gasteiger partial charge in [-0.2, -0.15) is 0 Å². The molecule has 0 aliphatic carbocycles. The summed E-state index contributed by atoms with van der Waals surface area (Å²) in [5.74, 6) is 0.867. The molecule has 0 saturated carbocycles. The molecule has 2 atom stereocenters. The minimum Gasteiger partial charge on any atom is -0.486 e. The van der Waals surface area contributed by atoms with Crippen LogP contribution in [-0.2, 0) is 9.53 Å². The van der Waals surface area contributed by atoms with Crippen LogP contribution < -0.4 is 20.1 Å². The maximum Gasteiger partial charge on any atom is 0.325 e. The standard InChI is InChI=1S/C17H23N3O5/c1-11-8-20(9-12(2)25-11)10-16(21)19-17(22)18-13-3-4-14-15(7-13)24-6-5-23-14/h3-4,7,11-12H,5-6,8-10H2,1-2H3,(H2,18,19,21,22). The lowest BCUT2D eigenvalue weighted by Gasteiger charge is -2.34. The topological polar surface area (TPSA) is 89.1 Å². The number of nitrogens with one attached hydrogen (secondary N) is 2. The van der Waals surface area contributed by atoms with Gasteiger partial charge in [0, 0.05) is 24.8 Å². The Hall–Kier alpha value is -2.32. The highest BCUT2D eigenvalue weighted by Gasteiger charge is 2.24. The van der Waals surface area contributed by atoms with E-state index in [-0.39, 0.29) is 24.7 Å². The third-order valence-corrected chi connectivity index (χ3v) is 3.92. The van der Waals surface area contributed by atoms with Crippen LogP contribution in [0.5, 0.6) is 11.5 Å². The van der Waals surface area contributed by atoms with Crippen molar-refractivity contribution in [2.45, 2.75) is 26.1 Å². The third-order valence-electron chi connectivity index (χ3n) is 3.92. The van der Waals surface area contributed by atoms with Gasteiger partial charge in [-0.15, -0.1) is 0 Å². The first-order chi connectivity index (χ1) is 12.0. The quantitative estimate of drug-likeness (QED) is 0.853. The number of carbonyl (C=O) groups excluding carboxylic acids is 2. The Morgan fingerprint density at radius 2 is 1.80 bits per heavy atom. The maximum absolute atomic E-state index is 12.1. The number of fused-ring (bicyclic) bond motifs is 1. The maximum atomic E-state index is 12.1. The Morgan fingerprint density at radius 3 is 2.52 bits per heavy atom. The van der Waals surface area contributed by atoms with E-state index in [1.165, 1.54) is 0 Å². The van der Waals surface area contributed by atoms with Crippen LogP contribution >= 0.6 is 0 Å². The van der Waals surface area contributed by atoms with Gasteiger partial charge in [0.15, 0.2) is 11.5 Å². The molecule has 1 saturated heterocycles. The van der Waals surface area contributed by atoms with Gasteiger partial charge in [0.05, 0.1) is 18.8 Å². The number of hydrogen-bond acceptors (Lipinski definition) is 6. The van der Waals surface area contributed by atoms with Crippen molar-refractivity contribution >= 4 is 17.6 Å². The van der Waals surface area contributed by atoms with Crippen LogP contribution in [0.25, 0.3) is 0 Å². The van der Waals surface area contributed by atoms with Crippen molar-refractivity contribution in [2.24, 2.45) is 0 Å². The summed E-state index contributed by atoms with van der Waals surface area (Å²) < 4.78 is 16.5. The number of anilines is 1. The highest BCUT2D eigenvalue weighted by atomic mass is 16.6. The molecule has 8 heteroatoms. The van der Waals surface area contributed by atoms with Gasteiger partial charge in [-0.05, 0) is 26.0 Å². The van der Waals surface area contributed by atoms with E-state index in [4.69, 9.17) is 14.2 Å². The zero-order valence-electron chi connectivity index (χ0n) is 14.4. The third kappa shape index (κ3) is 4.83. The second-order valence-electron chi connectivity index (χ2n) is 6.31. The Kier molecular flexibility index (Phi) is 5.40. The van der Waals surface area contributed by atoms with E-state index in [9.17, 15) is 9.59 Å². The van der Waals surface area contributed by atoms with Crippen molar-refractivity contribution in [1.82, 2.24) is 10.2 Å². The largest absolute Gasteiger partial charge is 0.486 e. The summed E-state index contributed by atoms with van der Waals surface area (Å²) in [5.41, 5.74) is 0.531. The number of ether oxygens (including phenoxy) is 3. The van der Waals surface area contributed by atoms with Gasteiger partial charge in [-0.3, -0.25) is 15.0 Å². The number of morpholine rings is 1. The molecule has 2 heterocycles. The van der Waals surface area contributed by atoms with Crippen LogP contribution in [0.15, 0.2) is 18.2 Å². The van der Waals surface area contributed by atoms with Gasteiger partial charge in [0.1, 0.15) is 13.2 Å². The number of hydrogen-bond donors (Lipinski definition) is 2. The molecule has 3 amide bonds. The lowest BCUT2D eigenvalue weighted by Crippen LogP contribution is -2.50. The molecule has 1 aromatic carbocycles. The fourth-order valence-corrected chi connectivity index (χ4v) is 3.07. The van der Waals surface area contributed by atoms with Crippen LogP contribution in [0.2, 0.25) is 0 Å². The minimum atomic E-state index is -0.573. The van der Waals surface area contributed by atoms with Crippen molar-refractivity contribution in [1.29, 1.82) is 0 Å². The summed E-state index contributed by atoms with van der Waals surface area (Å²) in [4.78, 5) is 26.0. The number of carbonyl (C=O) groups is 2. The minimum absolute atomic E-state index is 0.0723. The normalized spacial score (nSPS) is 23.0. The molecule has 2 aliphatic heterocycles. The van der Waals surface area contributed by atoms with Gasteiger partial charge in [0.25, 0.3) is 0 Å². The molecule has 3 rings (SSSR count). The molecule has 2 N–H and O–H groups in total. The number of urea groups is 1. The lowest BCUT2D eigenvalue weighted by molar-refractivity contribution is -0.124. The summed E-state index contributed by atoms with van der Waals surface area (Å²) >= 11 is 0. The lowest BCUT2D eigenvalue weighted by atomic mass is 10.2. The van der Waals surface area contributed by atoms with Crippen molar-refractivity contribution in [3.05, 3.63) is 18.2 Å². The Bertz CT molecular complexity index is 641. The predicted molar refractivity (Wildman–Crippen MR) is 91.0 cm³/mol. The molecular weight excluding hydrogens is 326 g/mol. The van der Waals surface area contributed by atoms with Crippen LogP contribution in [0.1, 0.15) is 13.8 Å². The molecule has 25 heavy (non-hydrogen) atoms. The van der Waals surface area contributed by atoms with E-state index in [0.717, 1.165) is 0 Å². The molecule has 0 radical (unpaired) electrons. The number of imide groups is 1. The summed E-state index contributed by atoms with van der Waals surface area (Å²) in [7, 11) is 0. The molecule has 2 unspecified atom stereocenters. The average molecular weight is 349 g/mol. The van der Waals surface area contributed by atoms with E-state index in [1.54, 1.807) is 18.2 Å². The monoisotopic (exact) mass is 349 g/mol. The Labute approximate surface area is 146 Å². The summed E-state index contributed by atoms with van der Waals surface area (Å²) in [6, 6.07) is 4.52. The second kappa shape index (κ2) is 7.71. The summed E-state index contributed by atoms with van der Waals surface area (Å²) in [6.45, 7) is 6.41. The van der Waals surface area contributed by atoms with E-state index >= 15 is 0 Å². The second-order valence-corrected chi connectivity index (χ2v) is 6.31. The van der Waals surface area contributed by atoms with Crippen LogP contribution in [0.4, 0.5) is 10.5 Å². The predicted octanol–water partition coefficient (Wildman–Crippen LogP) is 1.22. The summed E-state index contributed by atoms with van der Waals surface area (Å²) in [5, 5.41) is 4.97. The van der Waals surface area contributed by atoms with Crippen LogP contribution in [0.3, 0.4) is 0 Å². The number of rotatable bonds is 3. The highest BCUT2D eigenvalue weighted by Crippen LogP contribution is 2.32. The van der Waals surface area contributed by atoms with Gasteiger partial charge in [-0.1, -0.05) is 0 Å². The molecule has 0 aromatic heterocycles. The number of benzene rings is 1. The van der Waals surface area contributed by atoms with Crippen LogP contribution in [0, 0.1) is 0 Å². The van der Waals surface area contributed by atoms with E-state index < -0.39 is 6.03 Å². The fraction of sp³-hybridized carbons (Fsp3) is 0.529. The molecule has 1 aromatic rings. The fourth-order valence-electron chi connectivity index (χ4n) is 3.07. The molecule has 136 valence electrons. The molecule has 1 fully saturated rings. The van der Waals surface area contributed by atoms with Gasteiger partial charge < -0.3 is 19.5 Å². The van der Waals surface area contributed by atoms with E-state index in [1.807, 2.05) is 18.7 Å². The van der Waals surface area contributed by atoms with Gasteiger partial charge in [-0.25, -0.2) is 4.79 Å². The Balaban J connectivity index is 1.49. The number of amides is 3. The smallest absolute Gasteiger partial charge is 0.325 e. The van der Waals surface area contributed by atoms with Crippen molar-refractivity contribution in [3.63, 3.8) is 0 Å². The average Bonchev–Trinajstić information content (AvgIpc) is 2.53. The number of nitrogens with zero attached hydrogens (tertiary/aromatic N) is 1. The summed E-state index contributed by atoms with van der Waals surface area (Å²) in [6.07, 6.45) is 0.145. The van der Waals surface area contributed by atoms with E-state index in [2.05, 4.69) is 10.6 Å². The SMILES string of the molecule is CC1CN(CC(=O)NC(=O)Nc2ccc3c(c2)OCCO3)CC(C)O1. The zero-order valence-corrected chi connectivity index (χ0v) is 14.4. The Morgan fingerprint density at radius 1 is 1.12 bits per heavy atom. The van der Waals surface area contributed by atoms with E-state index in [0.29, 0.717) is 43.5 Å². The van der Waals surface area contributed by atoms with Gasteiger partial charge in [0.2, 0.25) is 5.91 Å².